The highest BCUT2D eigenvalue weighted by molar-refractivity contribution is 5.26. The molecule has 0 aliphatic carbocycles. The predicted molar refractivity (Wildman–Crippen MR) is 68.7 cm³/mol. The van der Waals surface area contributed by atoms with Crippen LogP contribution >= 0.6 is 0 Å². The molecule has 0 saturated carbocycles. The monoisotopic (exact) mass is 326 g/mol. The van der Waals surface area contributed by atoms with Gasteiger partial charge in [-0.1, -0.05) is 0 Å². The summed E-state index contributed by atoms with van der Waals surface area (Å²) in [7, 11) is 0. The van der Waals surface area contributed by atoms with Crippen molar-refractivity contribution in [3.63, 3.8) is 0 Å². The Hall–Kier alpha value is -1.28. The topological polar surface area (TPSA) is 29.3 Å². The van der Waals surface area contributed by atoms with E-state index in [4.69, 9.17) is 5.73 Å². The van der Waals surface area contributed by atoms with E-state index in [2.05, 4.69) is 0 Å². The zero-order valence-corrected chi connectivity index (χ0v) is 11.8. The first-order chi connectivity index (χ1) is 10.1. The summed E-state index contributed by atoms with van der Waals surface area (Å²) in [5.74, 6) is -4.37. The first-order valence-corrected chi connectivity index (χ1v) is 6.79. The summed E-state index contributed by atoms with van der Waals surface area (Å²) < 4.78 is 78.4. The molecule has 2 nitrogen and oxygen atoms in total. The van der Waals surface area contributed by atoms with Crippen LogP contribution in [0, 0.1) is 17.5 Å². The Bertz CT molecular complexity index is 545. The molecule has 1 aliphatic rings. The molecular weight excluding hydrogens is 310 g/mol. The Morgan fingerprint density at radius 2 is 1.86 bits per heavy atom. The molecule has 0 aromatic heterocycles. The maximum atomic E-state index is 13.9. The molecule has 0 amide bonds. The summed E-state index contributed by atoms with van der Waals surface area (Å²) in [5, 5.41) is 0. The zero-order chi connectivity index (χ0) is 16.7. The maximum Gasteiger partial charge on any atom is 0.401 e. The number of nitrogens with zero attached hydrogens (tertiary/aromatic N) is 1. The van der Waals surface area contributed by atoms with Gasteiger partial charge in [0.05, 0.1) is 6.54 Å². The van der Waals surface area contributed by atoms with Crippen LogP contribution in [0.2, 0.25) is 0 Å². The van der Waals surface area contributed by atoms with Crippen molar-refractivity contribution in [2.45, 2.75) is 37.5 Å². The minimum atomic E-state index is -4.43. The predicted octanol–water partition coefficient (Wildman–Crippen LogP) is 3.17. The number of rotatable bonds is 2. The number of hydrogen-bond acceptors (Lipinski definition) is 2. The number of likely N-dealkylation sites (tertiary alicyclic amines) is 1. The standard InChI is InChI=1S/C14H16F6N2/c1-7-10(11-2-8(15)3-12(16)13(11)17)4-9(21)5-22(7)6-14(18,19)20/h2-3,7,9-10H,4-6,21H2,1H3/t7-,9+,10-/m1/s1. The van der Waals surface area contributed by atoms with E-state index in [1.54, 1.807) is 0 Å². The van der Waals surface area contributed by atoms with Crippen LogP contribution in [-0.2, 0) is 0 Å². The Morgan fingerprint density at radius 3 is 2.45 bits per heavy atom. The summed E-state index contributed by atoms with van der Waals surface area (Å²) in [5.41, 5.74) is 5.47. The Balaban J connectivity index is 2.34. The minimum absolute atomic E-state index is 0.00338. The van der Waals surface area contributed by atoms with Gasteiger partial charge >= 0.3 is 6.18 Å². The number of hydrogen-bond donors (Lipinski definition) is 1. The molecule has 8 heteroatoms. The lowest BCUT2D eigenvalue weighted by Crippen LogP contribution is -2.54. The lowest BCUT2D eigenvalue weighted by molar-refractivity contribution is -0.154. The molecule has 1 aliphatic heterocycles. The fourth-order valence-corrected chi connectivity index (χ4v) is 2.99. The molecule has 1 aromatic rings. The molecule has 1 heterocycles. The third kappa shape index (κ3) is 3.73. The van der Waals surface area contributed by atoms with Crippen molar-refractivity contribution in [1.29, 1.82) is 0 Å². The Labute approximate surface area is 123 Å². The third-order valence-corrected chi connectivity index (χ3v) is 3.99. The van der Waals surface area contributed by atoms with E-state index in [0.29, 0.717) is 6.07 Å². The van der Waals surface area contributed by atoms with Gasteiger partial charge in [0.2, 0.25) is 0 Å². The van der Waals surface area contributed by atoms with Gasteiger partial charge in [0, 0.05) is 30.6 Å². The first-order valence-electron chi connectivity index (χ1n) is 6.79. The van der Waals surface area contributed by atoms with E-state index >= 15 is 0 Å². The van der Waals surface area contributed by atoms with E-state index in [-0.39, 0.29) is 18.5 Å². The van der Waals surface area contributed by atoms with Gasteiger partial charge in [0.15, 0.2) is 11.6 Å². The fourth-order valence-electron chi connectivity index (χ4n) is 2.99. The average molecular weight is 326 g/mol. The van der Waals surface area contributed by atoms with Gasteiger partial charge in [-0.15, -0.1) is 0 Å². The Kier molecular flexibility index (Phi) is 4.72. The van der Waals surface area contributed by atoms with Gasteiger partial charge in [-0.05, 0) is 25.0 Å². The number of piperidine rings is 1. The van der Waals surface area contributed by atoms with Gasteiger partial charge in [0.1, 0.15) is 5.82 Å². The van der Waals surface area contributed by atoms with Crippen molar-refractivity contribution >= 4 is 0 Å². The number of nitrogens with two attached hydrogens (primary N) is 1. The van der Waals surface area contributed by atoms with E-state index in [1.165, 1.54) is 6.92 Å². The van der Waals surface area contributed by atoms with Crippen LogP contribution in [-0.4, -0.2) is 36.2 Å². The van der Waals surface area contributed by atoms with Crippen LogP contribution in [0.5, 0.6) is 0 Å². The molecule has 1 saturated heterocycles. The molecule has 0 radical (unpaired) electrons. The number of alkyl halides is 3. The molecule has 3 atom stereocenters. The van der Waals surface area contributed by atoms with Crippen LogP contribution in [0.25, 0.3) is 0 Å². The maximum absolute atomic E-state index is 13.9. The van der Waals surface area contributed by atoms with Crippen LogP contribution in [0.3, 0.4) is 0 Å². The van der Waals surface area contributed by atoms with Gasteiger partial charge in [-0.3, -0.25) is 4.90 Å². The quantitative estimate of drug-likeness (QED) is 0.668. The highest BCUT2D eigenvalue weighted by Gasteiger charge is 2.40. The summed E-state index contributed by atoms with van der Waals surface area (Å²) in [6.07, 6.45) is -4.27. The average Bonchev–Trinajstić information content (AvgIpc) is 2.36. The zero-order valence-electron chi connectivity index (χ0n) is 11.8. The second-order valence-corrected chi connectivity index (χ2v) is 5.68. The molecule has 2 N–H and O–H groups in total. The van der Waals surface area contributed by atoms with Crippen molar-refractivity contribution < 1.29 is 26.3 Å². The number of halogens is 6. The van der Waals surface area contributed by atoms with Crippen molar-refractivity contribution in [1.82, 2.24) is 4.90 Å². The van der Waals surface area contributed by atoms with Gasteiger partial charge in [-0.2, -0.15) is 13.2 Å². The van der Waals surface area contributed by atoms with Crippen molar-refractivity contribution in [2.24, 2.45) is 5.73 Å². The molecule has 124 valence electrons. The van der Waals surface area contributed by atoms with Crippen molar-refractivity contribution in [3.8, 4) is 0 Å². The van der Waals surface area contributed by atoms with Crippen molar-refractivity contribution in [3.05, 3.63) is 35.1 Å². The molecular formula is C14H16F6N2. The highest BCUT2D eigenvalue weighted by atomic mass is 19.4. The molecule has 1 aromatic carbocycles. The van der Waals surface area contributed by atoms with E-state index in [1.807, 2.05) is 0 Å². The minimum Gasteiger partial charge on any atom is -0.327 e. The first kappa shape index (κ1) is 17.1. The van der Waals surface area contributed by atoms with Crippen molar-refractivity contribution in [2.75, 3.05) is 13.1 Å². The van der Waals surface area contributed by atoms with Crippen LogP contribution in [0.15, 0.2) is 12.1 Å². The SMILES string of the molecule is C[C@@H]1[C@H](c2cc(F)cc(F)c2F)C[C@H](N)CN1CC(F)(F)F. The van der Waals surface area contributed by atoms with E-state index in [9.17, 15) is 26.3 Å². The van der Waals surface area contributed by atoms with Gasteiger partial charge in [0.25, 0.3) is 0 Å². The molecule has 0 spiro atoms. The summed E-state index contributed by atoms with van der Waals surface area (Å²) in [4.78, 5) is 1.07. The highest BCUT2D eigenvalue weighted by Crippen LogP contribution is 2.36. The van der Waals surface area contributed by atoms with Crippen LogP contribution < -0.4 is 5.73 Å². The summed E-state index contributed by atoms with van der Waals surface area (Å²) in [6, 6.07) is -0.144. The lowest BCUT2D eigenvalue weighted by atomic mass is 9.82. The van der Waals surface area contributed by atoms with Gasteiger partial charge < -0.3 is 5.73 Å². The lowest BCUT2D eigenvalue weighted by Gasteiger charge is -2.42. The summed E-state index contributed by atoms with van der Waals surface area (Å²) >= 11 is 0. The Morgan fingerprint density at radius 1 is 1.23 bits per heavy atom. The van der Waals surface area contributed by atoms with Gasteiger partial charge in [-0.25, -0.2) is 13.2 Å². The molecule has 2 rings (SSSR count). The normalized spacial score (nSPS) is 27.2. The molecule has 0 unspecified atom stereocenters. The summed E-state index contributed by atoms with van der Waals surface area (Å²) in [6.45, 7) is 0.277. The second-order valence-electron chi connectivity index (χ2n) is 5.68. The van der Waals surface area contributed by atoms with Crippen LogP contribution in [0.1, 0.15) is 24.8 Å². The smallest absolute Gasteiger partial charge is 0.327 e. The molecule has 22 heavy (non-hydrogen) atoms. The largest absolute Gasteiger partial charge is 0.401 e. The molecule has 1 fully saturated rings. The third-order valence-electron chi connectivity index (χ3n) is 3.99. The number of benzene rings is 1. The van der Waals surface area contributed by atoms with Crippen LogP contribution in [0.4, 0.5) is 26.3 Å². The second kappa shape index (κ2) is 6.08. The van der Waals surface area contributed by atoms with E-state index < -0.39 is 48.2 Å². The van der Waals surface area contributed by atoms with E-state index in [0.717, 1.165) is 11.0 Å². The fraction of sp³-hybridized carbons (Fsp3) is 0.571. The molecule has 0 bridgehead atoms.